The summed E-state index contributed by atoms with van der Waals surface area (Å²) in [6.45, 7) is 3.93. The predicted octanol–water partition coefficient (Wildman–Crippen LogP) is -2.28. The largest absolute Gasteiger partial charge is 1.00 e. The molecule has 0 aliphatic heterocycles. The first-order chi connectivity index (χ1) is 3.77. The SMILES string of the molecule is CC(C)C=C=CC[O-].[Li+]. The zero-order valence-electron chi connectivity index (χ0n) is 6.35. The third-order valence-electron chi connectivity index (χ3n) is 0.631. The van der Waals surface area contributed by atoms with E-state index in [1.807, 2.05) is 19.9 Å². The summed E-state index contributed by atoms with van der Waals surface area (Å²) in [7, 11) is 0. The van der Waals surface area contributed by atoms with Crippen LogP contribution < -0.4 is 24.0 Å². The first kappa shape index (κ1) is 11.8. The molecule has 0 rings (SSSR count). The third kappa shape index (κ3) is 11.6. The minimum Gasteiger partial charge on any atom is -0.851 e. The summed E-state index contributed by atoms with van der Waals surface area (Å²) in [4.78, 5) is 0. The van der Waals surface area contributed by atoms with Crippen molar-refractivity contribution >= 4 is 0 Å². The van der Waals surface area contributed by atoms with Gasteiger partial charge in [0.15, 0.2) is 0 Å². The van der Waals surface area contributed by atoms with Gasteiger partial charge < -0.3 is 5.11 Å². The van der Waals surface area contributed by atoms with Gasteiger partial charge in [-0.05, 0) is 12.0 Å². The molecule has 0 amide bonds. The van der Waals surface area contributed by atoms with Gasteiger partial charge in [0.05, 0.1) is 0 Å². The first-order valence-electron chi connectivity index (χ1n) is 2.76. The fraction of sp³-hybridized carbons (Fsp3) is 0.571. The molecule has 0 aromatic rings. The molecule has 2 heteroatoms. The molecule has 0 spiro atoms. The van der Waals surface area contributed by atoms with E-state index in [4.69, 9.17) is 0 Å². The summed E-state index contributed by atoms with van der Waals surface area (Å²) < 4.78 is 0. The first-order valence-corrected chi connectivity index (χ1v) is 2.76. The van der Waals surface area contributed by atoms with Crippen molar-refractivity contribution in [3.05, 3.63) is 17.9 Å². The van der Waals surface area contributed by atoms with E-state index in [9.17, 15) is 5.11 Å². The van der Waals surface area contributed by atoms with Crippen molar-refractivity contribution in [2.45, 2.75) is 13.8 Å². The van der Waals surface area contributed by atoms with E-state index >= 15 is 0 Å². The normalized spacial score (nSPS) is 7.56. The minimum atomic E-state index is -0.163. The Balaban J connectivity index is 0. The monoisotopic (exact) mass is 118 g/mol. The van der Waals surface area contributed by atoms with E-state index in [0.717, 1.165) is 0 Å². The Morgan fingerprint density at radius 1 is 1.56 bits per heavy atom. The van der Waals surface area contributed by atoms with E-state index < -0.39 is 0 Å². The number of rotatable bonds is 2. The Hall–Kier alpha value is 0.0774. The van der Waals surface area contributed by atoms with Crippen LogP contribution in [0, 0.1) is 5.92 Å². The van der Waals surface area contributed by atoms with E-state index in [-0.39, 0.29) is 25.5 Å². The van der Waals surface area contributed by atoms with Crippen LogP contribution in [-0.2, 0) is 0 Å². The molecular weight excluding hydrogens is 107 g/mol. The van der Waals surface area contributed by atoms with E-state index in [1.165, 1.54) is 6.08 Å². The molecule has 0 saturated heterocycles. The molecule has 0 N–H and O–H groups in total. The Morgan fingerprint density at radius 2 is 2.11 bits per heavy atom. The van der Waals surface area contributed by atoms with Crippen LogP contribution in [0.25, 0.3) is 0 Å². The summed E-state index contributed by atoms with van der Waals surface area (Å²) in [6, 6.07) is 0. The second kappa shape index (κ2) is 8.08. The Labute approximate surface area is 68.6 Å². The van der Waals surface area contributed by atoms with Gasteiger partial charge in [-0.2, -0.15) is 0 Å². The molecule has 0 aromatic heterocycles. The van der Waals surface area contributed by atoms with Crippen molar-refractivity contribution in [2.24, 2.45) is 5.92 Å². The number of hydrogen-bond donors (Lipinski definition) is 0. The second-order valence-corrected chi connectivity index (χ2v) is 1.95. The van der Waals surface area contributed by atoms with Gasteiger partial charge in [0.1, 0.15) is 0 Å². The Bertz CT molecular complexity index is 101. The number of hydrogen-bond acceptors (Lipinski definition) is 1. The fourth-order valence-corrected chi connectivity index (χ4v) is 0.309. The summed E-state index contributed by atoms with van der Waals surface area (Å²) in [5.41, 5.74) is 2.77. The summed E-state index contributed by atoms with van der Waals surface area (Å²) in [5, 5.41) is 9.77. The van der Waals surface area contributed by atoms with Crippen LogP contribution in [-0.4, -0.2) is 6.61 Å². The summed E-state index contributed by atoms with van der Waals surface area (Å²) in [6.07, 6.45) is 3.36. The summed E-state index contributed by atoms with van der Waals surface area (Å²) >= 11 is 0. The molecule has 0 fully saturated rings. The Kier molecular flexibility index (Phi) is 10.6. The van der Waals surface area contributed by atoms with E-state index in [2.05, 4.69) is 5.73 Å². The van der Waals surface area contributed by atoms with Crippen molar-refractivity contribution in [3.8, 4) is 0 Å². The van der Waals surface area contributed by atoms with Crippen LogP contribution in [0.15, 0.2) is 17.9 Å². The van der Waals surface area contributed by atoms with Gasteiger partial charge in [-0.15, -0.1) is 12.3 Å². The molecule has 0 aliphatic rings. The van der Waals surface area contributed by atoms with Crippen molar-refractivity contribution < 1.29 is 24.0 Å². The molecule has 9 heavy (non-hydrogen) atoms. The smallest absolute Gasteiger partial charge is 0.851 e. The predicted molar refractivity (Wildman–Crippen MR) is 32.4 cm³/mol. The Morgan fingerprint density at radius 3 is 2.44 bits per heavy atom. The molecule has 1 nitrogen and oxygen atoms in total. The van der Waals surface area contributed by atoms with Gasteiger partial charge in [-0.3, -0.25) is 0 Å². The molecule has 0 saturated carbocycles. The zero-order chi connectivity index (χ0) is 6.41. The van der Waals surface area contributed by atoms with Gasteiger partial charge >= 0.3 is 18.9 Å². The molecule has 0 bridgehead atoms. The molecular formula is C7H11LiO. The van der Waals surface area contributed by atoms with Gasteiger partial charge in [0.25, 0.3) is 0 Å². The average Bonchev–Trinajstić information content (AvgIpc) is 1.66. The van der Waals surface area contributed by atoms with Gasteiger partial charge in [-0.1, -0.05) is 19.9 Å². The van der Waals surface area contributed by atoms with Crippen LogP contribution >= 0.6 is 0 Å². The zero-order valence-corrected chi connectivity index (χ0v) is 6.35. The maximum Gasteiger partial charge on any atom is 1.00 e. The standard InChI is InChI=1S/C7H11O.Li/c1-7(2)5-3-4-6-8;/h4-5,7H,6H2,1-2H3;/q-1;+1. The summed E-state index contributed by atoms with van der Waals surface area (Å²) in [5.74, 6) is 0.498. The molecule has 0 atom stereocenters. The second-order valence-electron chi connectivity index (χ2n) is 1.95. The quantitative estimate of drug-likeness (QED) is 0.296. The van der Waals surface area contributed by atoms with Crippen LogP contribution in [0.1, 0.15) is 13.8 Å². The molecule has 46 valence electrons. The average molecular weight is 118 g/mol. The van der Waals surface area contributed by atoms with Gasteiger partial charge in [0, 0.05) is 0 Å². The molecule has 0 radical (unpaired) electrons. The van der Waals surface area contributed by atoms with E-state index in [0.29, 0.717) is 5.92 Å². The van der Waals surface area contributed by atoms with E-state index in [1.54, 1.807) is 0 Å². The van der Waals surface area contributed by atoms with Crippen LogP contribution in [0.2, 0.25) is 0 Å². The van der Waals surface area contributed by atoms with Crippen molar-refractivity contribution in [1.82, 2.24) is 0 Å². The van der Waals surface area contributed by atoms with Crippen molar-refractivity contribution in [1.29, 1.82) is 0 Å². The molecule has 0 aromatic carbocycles. The maximum absolute atomic E-state index is 9.77. The molecule has 0 aliphatic carbocycles. The van der Waals surface area contributed by atoms with Gasteiger partial charge in [0.2, 0.25) is 0 Å². The topological polar surface area (TPSA) is 23.1 Å². The van der Waals surface area contributed by atoms with Gasteiger partial charge in [-0.25, -0.2) is 0 Å². The minimum absolute atomic E-state index is 0. The molecule has 0 heterocycles. The third-order valence-corrected chi connectivity index (χ3v) is 0.631. The van der Waals surface area contributed by atoms with Crippen molar-refractivity contribution in [3.63, 3.8) is 0 Å². The molecule has 0 unspecified atom stereocenters. The fourth-order valence-electron chi connectivity index (χ4n) is 0.309. The van der Waals surface area contributed by atoms with Crippen molar-refractivity contribution in [2.75, 3.05) is 6.61 Å². The van der Waals surface area contributed by atoms with Crippen LogP contribution in [0.3, 0.4) is 0 Å². The van der Waals surface area contributed by atoms with Crippen LogP contribution in [0.5, 0.6) is 0 Å². The van der Waals surface area contributed by atoms with Crippen LogP contribution in [0.4, 0.5) is 0 Å². The maximum atomic E-state index is 9.77.